The maximum Gasteiger partial charge on any atom is 0.211 e. The number of amides is 1. The largest absolute Gasteiger partial charge is 0.512 e. The predicted octanol–water partition coefficient (Wildman–Crippen LogP) is 4.84. The van der Waals surface area contributed by atoms with Crippen LogP contribution in [0.15, 0.2) is 76.7 Å². The number of aliphatic hydroxyl groups excluding tert-OH is 1. The summed E-state index contributed by atoms with van der Waals surface area (Å²) in [5.74, 6) is 1.40. The van der Waals surface area contributed by atoms with Gasteiger partial charge in [-0.05, 0) is 51.8 Å². The molecule has 3 N–H and O–H groups in total. The number of aliphatic imine (C=N–C) groups is 1. The van der Waals surface area contributed by atoms with Crippen LogP contribution in [0.5, 0.6) is 0 Å². The molecule has 0 bridgehead atoms. The van der Waals surface area contributed by atoms with E-state index < -0.39 is 0 Å². The Morgan fingerprint density at radius 2 is 2.08 bits per heavy atom. The number of carbonyl (C=O) groups is 1. The average Bonchev–Trinajstić information content (AvgIpc) is 3.42. The number of ether oxygens (including phenoxy) is 2. The van der Waals surface area contributed by atoms with Gasteiger partial charge >= 0.3 is 0 Å². The lowest BCUT2D eigenvalue weighted by Crippen LogP contribution is -2.35. The van der Waals surface area contributed by atoms with Crippen molar-refractivity contribution in [2.45, 2.75) is 41.0 Å². The van der Waals surface area contributed by atoms with E-state index in [2.05, 4.69) is 53.3 Å². The van der Waals surface area contributed by atoms with Crippen LogP contribution in [0.2, 0.25) is 0 Å². The highest BCUT2D eigenvalue weighted by Gasteiger charge is 2.21. The normalized spacial score (nSPS) is 19.4. The molecular weight excluding hydrogens is 482 g/mol. The summed E-state index contributed by atoms with van der Waals surface area (Å²) in [7, 11) is 0. The molecule has 1 amide bonds. The van der Waals surface area contributed by atoms with Crippen molar-refractivity contribution in [1.29, 1.82) is 0 Å². The van der Waals surface area contributed by atoms with Crippen molar-refractivity contribution in [2.24, 2.45) is 4.99 Å². The van der Waals surface area contributed by atoms with E-state index in [0.29, 0.717) is 55.6 Å². The van der Waals surface area contributed by atoms with Crippen LogP contribution in [0.1, 0.15) is 36.2 Å². The Bertz CT molecular complexity index is 1230. The molecule has 0 fully saturated rings. The van der Waals surface area contributed by atoms with Crippen LogP contribution < -0.4 is 5.32 Å². The molecule has 0 unspecified atom stereocenters. The molecule has 0 aliphatic carbocycles. The van der Waals surface area contributed by atoms with E-state index in [0.717, 1.165) is 35.2 Å². The van der Waals surface area contributed by atoms with Crippen LogP contribution in [0.4, 0.5) is 5.69 Å². The van der Waals surface area contributed by atoms with Crippen LogP contribution in [0.25, 0.3) is 0 Å². The molecule has 2 heterocycles. The number of rotatable bonds is 9. The molecule has 1 aliphatic rings. The smallest absolute Gasteiger partial charge is 0.211 e. The summed E-state index contributed by atoms with van der Waals surface area (Å²) < 4.78 is 11.7. The highest BCUT2D eigenvalue weighted by Crippen LogP contribution is 2.28. The second-order valence-corrected chi connectivity index (χ2v) is 8.88. The van der Waals surface area contributed by atoms with Gasteiger partial charge in [-0.1, -0.05) is 23.8 Å². The molecule has 0 atom stereocenters. The molecular formula is C29H37N5O4. The van der Waals surface area contributed by atoms with Gasteiger partial charge in [0, 0.05) is 42.6 Å². The van der Waals surface area contributed by atoms with Crippen LogP contribution in [-0.4, -0.2) is 58.8 Å². The topological polar surface area (TPSA) is 112 Å². The first-order valence-electron chi connectivity index (χ1n) is 12.7. The predicted molar refractivity (Wildman–Crippen MR) is 149 cm³/mol. The van der Waals surface area contributed by atoms with Gasteiger partial charge in [0.05, 0.1) is 24.5 Å². The van der Waals surface area contributed by atoms with Crippen LogP contribution >= 0.6 is 0 Å². The van der Waals surface area contributed by atoms with Crippen molar-refractivity contribution in [1.82, 2.24) is 20.4 Å². The lowest BCUT2D eigenvalue weighted by atomic mass is 10.1. The maximum absolute atomic E-state index is 11.7. The Morgan fingerprint density at radius 1 is 1.32 bits per heavy atom. The number of aryl methyl sites for hydroxylation is 3. The second kappa shape index (κ2) is 13.9. The zero-order valence-corrected chi connectivity index (χ0v) is 22.7. The molecule has 1 aliphatic heterocycles. The second-order valence-electron chi connectivity index (χ2n) is 8.88. The summed E-state index contributed by atoms with van der Waals surface area (Å²) in [5.41, 5.74) is 6.35. The summed E-state index contributed by atoms with van der Waals surface area (Å²) in [5, 5.41) is 19.5. The molecule has 0 saturated carbocycles. The summed E-state index contributed by atoms with van der Waals surface area (Å²) in [4.78, 5) is 19.0. The Morgan fingerprint density at radius 3 is 2.68 bits per heavy atom. The minimum absolute atomic E-state index is 0.252. The van der Waals surface area contributed by atoms with Gasteiger partial charge in [0.2, 0.25) is 6.41 Å². The van der Waals surface area contributed by atoms with Gasteiger partial charge < -0.3 is 24.8 Å². The van der Waals surface area contributed by atoms with Crippen LogP contribution in [0, 0.1) is 20.8 Å². The Labute approximate surface area is 224 Å². The van der Waals surface area contributed by atoms with Crippen molar-refractivity contribution in [3.05, 3.63) is 94.1 Å². The van der Waals surface area contributed by atoms with Crippen LogP contribution in [-0.2, 0) is 20.7 Å². The molecule has 202 valence electrons. The number of nitrogens with zero attached hydrogens (tertiary/aromatic N) is 3. The van der Waals surface area contributed by atoms with E-state index in [1.807, 2.05) is 32.1 Å². The SMILES string of the molecule is C/C=C1C(/NC=O)=C/C(=N\c2c(C)cc(C)cc2C)N(CCc2ccn[nH]2)CCOC/1=C/C(=C/O)OCC. The highest BCUT2D eigenvalue weighted by molar-refractivity contribution is 5.97. The van der Waals surface area contributed by atoms with Gasteiger partial charge in [-0.25, -0.2) is 4.99 Å². The number of aliphatic hydroxyl groups is 1. The van der Waals surface area contributed by atoms with E-state index in [9.17, 15) is 9.90 Å². The molecule has 9 heteroatoms. The number of amidine groups is 1. The molecule has 1 aromatic carbocycles. The zero-order chi connectivity index (χ0) is 27.5. The van der Waals surface area contributed by atoms with E-state index in [1.54, 1.807) is 12.3 Å². The summed E-state index contributed by atoms with van der Waals surface area (Å²) >= 11 is 0. The first-order chi connectivity index (χ1) is 18.4. The number of benzene rings is 1. The number of carbonyl (C=O) groups excluding carboxylic acids is 1. The summed E-state index contributed by atoms with van der Waals surface area (Å²) in [6.07, 6.45) is 9.29. The Kier molecular flexibility index (Phi) is 10.3. The number of hydrogen-bond donors (Lipinski definition) is 3. The number of hydrogen-bond acceptors (Lipinski definition) is 6. The minimum Gasteiger partial charge on any atom is -0.512 e. The zero-order valence-electron chi connectivity index (χ0n) is 22.7. The van der Waals surface area contributed by atoms with Gasteiger partial charge in [0.15, 0.2) is 5.76 Å². The van der Waals surface area contributed by atoms with Crippen molar-refractivity contribution in [2.75, 3.05) is 26.3 Å². The quantitative estimate of drug-likeness (QED) is 0.323. The maximum atomic E-state index is 11.7. The standard InChI is InChI=1S/C29H37N5O4/c1-6-25-26(30-19-36)17-28(32-29-21(4)14-20(3)15-22(29)5)34(11-9-23-8-10-31-33-23)12-13-38-27(25)16-24(18-35)37-7-2/h6,8,10,14-19,35H,7,9,11-13H2,1-5H3,(H,30,36)(H,31,33)/b24-18-,25-6-,26-17-,27-16+,32-28+. The van der Waals surface area contributed by atoms with Gasteiger partial charge in [-0.3, -0.25) is 9.89 Å². The fourth-order valence-electron chi connectivity index (χ4n) is 4.37. The van der Waals surface area contributed by atoms with Gasteiger partial charge in [-0.2, -0.15) is 5.10 Å². The molecule has 3 rings (SSSR count). The Hall–Kier alpha value is -4.27. The van der Waals surface area contributed by atoms with Crippen molar-refractivity contribution in [3.63, 3.8) is 0 Å². The van der Waals surface area contributed by atoms with Crippen LogP contribution in [0.3, 0.4) is 0 Å². The van der Waals surface area contributed by atoms with Gasteiger partial charge in [-0.15, -0.1) is 0 Å². The fraction of sp³-hybridized carbons (Fsp3) is 0.345. The first-order valence-corrected chi connectivity index (χ1v) is 12.7. The third-order valence-corrected chi connectivity index (χ3v) is 6.06. The fourth-order valence-corrected chi connectivity index (χ4v) is 4.37. The van der Waals surface area contributed by atoms with E-state index in [-0.39, 0.29) is 5.76 Å². The first kappa shape index (κ1) is 28.3. The van der Waals surface area contributed by atoms with Crippen molar-refractivity contribution >= 4 is 17.9 Å². The molecule has 1 aromatic heterocycles. The molecule has 0 spiro atoms. The number of allylic oxidation sites excluding steroid dienone is 2. The molecule has 38 heavy (non-hydrogen) atoms. The summed E-state index contributed by atoms with van der Waals surface area (Å²) in [6, 6.07) is 6.17. The van der Waals surface area contributed by atoms with Crippen molar-refractivity contribution < 1.29 is 19.4 Å². The van der Waals surface area contributed by atoms with E-state index in [1.165, 1.54) is 5.56 Å². The third kappa shape index (κ3) is 7.38. The average molecular weight is 520 g/mol. The van der Waals surface area contributed by atoms with Gasteiger partial charge in [0.25, 0.3) is 0 Å². The number of aromatic nitrogens is 2. The molecule has 9 nitrogen and oxygen atoms in total. The molecule has 2 aromatic rings. The van der Waals surface area contributed by atoms with Crippen molar-refractivity contribution in [3.8, 4) is 0 Å². The summed E-state index contributed by atoms with van der Waals surface area (Å²) in [6.45, 7) is 11.7. The number of nitrogens with one attached hydrogen (secondary N) is 2. The highest BCUT2D eigenvalue weighted by atomic mass is 16.5. The lowest BCUT2D eigenvalue weighted by molar-refractivity contribution is -0.108. The number of aromatic amines is 1. The molecule has 0 radical (unpaired) electrons. The van der Waals surface area contributed by atoms with E-state index >= 15 is 0 Å². The Balaban J connectivity index is 2.17. The number of H-pyrrole nitrogens is 1. The van der Waals surface area contributed by atoms with Gasteiger partial charge in [0.1, 0.15) is 24.5 Å². The van der Waals surface area contributed by atoms with E-state index in [4.69, 9.17) is 14.5 Å². The monoisotopic (exact) mass is 519 g/mol. The molecule has 0 saturated heterocycles. The minimum atomic E-state index is 0.252. The lowest BCUT2D eigenvalue weighted by Gasteiger charge is -2.24. The third-order valence-electron chi connectivity index (χ3n) is 6.06.